The molecule has 0 aliphatic rings. The molecule has 0 fully saturated rings. The lowest BCUT2D eigenvalue weighted by molar-refractivity contribution is -0.123. The minimum absolute atomic E-state index is 0.142. The maximum atomic E-state index is 11.7. The van der Waals surface area contributed by atoms with Gasteiger partial charge in [-0.1, -0.05) is 38.1 Å². The molecule has 2 rings (SSSR count). The number of carboxylic acids is 1. The van der Waals surface area contributed by atoms with Crippen LogP contribution < -0.4 is 10.2 Å². The largest absolute Gasteiger partial charge is 0.484 e. The van der Waals surface area contributed by atoms with Crippen molar-refractivity contribution >= 4 is 18.1 Å². The van der Waals surface area contributed by atoms with E-state index in [0.717, 1.165) is 5.56 Å². The molecule has 2 aromatic rings. The minimum atomic E-state index is -0.990. The van der Waals surface area contributed by atoms with Crippen molar-refractivity contribution in [1.82, 2.24) is 5.43 Å². The molecule has 2 N–H and O–H groups in total. The fourth-order valence-electron chi connectivity index (χ4n) is 2.04. The summed E-state index contributed by atoms with van der Waals surface area (Å²) < 4.78 is 5.45. The quantitative estimate of drug-likeness (QED) is 0.599. The summed E-state index contributed by atoms with van der Waals surface area (Å²) in [5, 5.41) is 12.6. The zero-order valence-corrected chi connectivity index (χ0v) is 14.1. The lowest BCUT2D eigenvalue weighted by atomic mass is 10.0. The van der Waals surface area contributed by atoms with Crippen molar-refractivity contribution in [1.29, 1.82) is 0 Å². The van der Waals surface area contributed by atoms with Crippen LogP contribution in [-0.4, -0.2) is 29.8 Å². The van der Waals surface area contributed by atoms with Gasteiger partial charge in [-0.3, -0.25) is 4.79 Å². The molecule has 130 valence electrons. The van der Waals surface area contributed by atoms with Gasteiger partial charge in [0.05, 0.1) is 11.8 Å². The van der Waals surface area contributed by atoms with Crippen molar-refractivity contribution in [2.75, 3.05) is 6.61 Å². The summed E-state index contributed by atoms with van der Waals surface area (Å²) in [6.45, 7) is 4.03. The van der Waals surface area contributed by atoms with Crippen molar-refractivity contribution in [3.05, 3.63) is 65.2 Å². The number of aromatic carboxylic acids is 1. The average Bonchev–Trinajstić information content (AvgIpc) is 2.60. The predicted molar refractivity (Wildman–Crippen MR) is 95.2 cm³/mol. The lowest BCUT2D eigenvalue weighted by Crippen LogP contribution is -2.24. The summed E-state index contributed by atoms with van der Waals surface area (Å²) in [6, 6.07) is 13.8. The Morgan fingerprint density at radius 2 is 1.92 bits per heavy atom. The van der Waals surface area contributed by atoms with Crippen LogP contribution >= 0.6 is 0 Å². The Morgan fingerprint density at radius 3 is 2.56 bits per heavy atom. The number of amides is 1. The fraction of sp³-hybridized carbons (Fsp3) is 0.211. The first kappa shape index (κ1) is 18.2. The summed E-state index contributed by atoms with van der Waals surface area (Å²) in [5.74, 6) is -0.354. The third-order valence-corrected chi connectivity index (χ3v) is 3.46. The van der Waals surface area contributed by atoms with Gasteiger partial charge in [0.2, 0.25) is 0 Å². The molecular formula is C19H20N2O4. The molecule has 0 saturated heterocycles. The molecule has 0 atom stereocenters. The van der Waals surface area contributed by atoms with E-state index in [2.05, 4.69) is 24.4 Å². The molecule has 0 spiro atoms. The zero-order valence-electron chi connectivity index (χ0n) is 14.1. The second kappa shape index (κ2) is 8.63. The second-order valence-corrected chi connectivity index (χ2v) is 5.74. The molecule has 2 aromatic carbocycles. The SMILES string of the molecule is CC(C)c1cccc(OCC(=O)N/N=C/c2ccc(C(=O)O)cc2)c1. The molecule has 25 heavy (non-hydrogen) atoms. The smallest absolute Gasteiger partial charge is 0.335 e. The Bertz CT molecular complexity index is 767. The Hall–Kier alpha value is -3.15. The number of carbonyl (C=O) groups is 2. The Labute approximate surface area is 146 Å². The maximum absolute atomic E-state index is 11.7. The van der Waals surface area contributed by atoms with E-state index < -0.39 is 5.97 Å². The molecule has 0 heterocycles. The second-order valence-electron chi connectivity index (χ2n) is 5.74. The molecule has 1 amide bonds. The summed E-state index contributed by atoms with van der Waals surface area (Å²) in [6.07, 6.45) is 1.43. The topological polar surface area (TPSA) is 88.0 Å². The van der Waals surface area contributed by atoms with Crippen LogP contribution in [0.5, 0.6) is 5.75 Å². The summed E-state index contributed by atoms with van der Waals surface area (Å²) in [4.78, 5) is 22.5. The number of carboxylic acid groups (broad SMARTS) is 1. The van der Waals surface area contributed by atoms with Gasteiger partial charge < -0.3 is 9.84 Å². The monoisotopic (exact) mass is 340 g/mol. The van der Waals surface area contributed by atoms with Crippen molar-refractivity contribution in [2.45, 2.75) is 19.8 Å². The summed E-state index contributed by atoms with van der Waals surface area (Å²) in [7, 11) is 0. The van der Waals surface area contributed by atoms with E-state index >= 15 is 0 Å². The number of hydrazone groups is 1. The number of rotatable bonds is 7. The summed E-state index contributed by atoms with van der Waals surface area (Å²) >= 11 is 0. The van der Waals surface area contributed by atoms with Gasteiger partial charge in [0.1, 0.15) is 5.75 Å². The first-order valence-corrected chi connectivity index (χ1v) is 7.83. The highest BCUT2D eigenvalue weighted by Crippen LogP contribution is 2.19. The van der Waals surface area contributed by atoms with Gasteiger partial charge in [0.15, 0.2) is 6.61 Å². The Balaban J connectivity index is 1.82. The van der Waals surface area contributed by atoms with E-state index in [1.807, 2.05) is 18.2 Å². The first-order valence-electron chi connectivity index (χ1n) is 7.83. The number of hydrogen-bond donors (Lipinski definition) is 2. The standard InChI is InChI=1S/C19H20N2O4/c1-13(2)16-4-3-5-17(10-16)25-12-18(22)21-20-11-14-6-8-15(9-7-14)19(23)24/h3-11,13H,12H2,1-2H3,(H,21,22)(H,23,24)/b20-11+. The normalized spacial score (nSPS) is 10.8. The maximum Gasteiger partial charge on any atom is 0.335 e. The Kier molecular flexibility index (Phi) is 6.28. The predicted octanol–water partition coefficient (Wildman–Crippen LogP) is 3.04. The van der Waals surface area contributed by atoms with Crippen LogP contribution in [0.25, 0.3) is 0 Å². The number of carbonyl (C=O) groups excluding carboxylic acids is 1. The van der Waals surface area contributed by atoms with E-state index in [9.17, 15) is 9.59 Å². The molecule has 6 heteroatoms. The van der Waals surface area contributed by atoms with Crippen LogP contribution in [0.15, 0.2) is 53.6 Å². The minimum Gasteiger partial charge on any atom is -0.484 e. The van der Waals surface area contributed by atoms with Crippen molar-refractivity contribution < 1.29 is 19.4 Å². The molecule has 0 aliphatic carbocycles. The number of hydrogen-bond acceptors (Lipinski definition) is 4. The van der Waals surface area contributed by atoms with Crippen LogP contribution in [0.1, 0.15) is 41.3 Å². The van der Waals surface area contributed by atoms with Crippen molar-refractivity contribution in [3.63, 3.8) is 0 Å². The van der Waals surface area contributed by atoms with Gasteiger partial charge in [0, 0.05) is 0 Å². The third kappa shape index (κ3) is 5.76. The van der Waals surface area contributed by atoms with Crippen LogP contribution in [0.4, 0.5) is 0 Å². The highest BCUT2D eigenvalue weighted by atomic mass is 16.5. The molecular weight excluding hydrogens is 320 g/mol. The molecule has 0 unspecified atom stereocenters. The highest BCUT2D eigenvalue weighted by molar-refractivity contribution is 5.89. The van der Waals surface area contributed by atoms with Gasteiger partial charge in [-0.2, -0.15) is 5.10 Å². The van der Waals surface area contributed by atoms with E-state index in [1.165, 1.54) is 18.3 Å². The van der Waals surface area contributed by atoms with E-state index in [4.69, 9.17) is 9.84 Å². The molecule has 0 saturated carbocycles. The fourth-order valence-corrected chi connectivity index (χ4v) is 2.04. The molecule has 0 radical (unpaired) electrons. The van der Waals surface area contributed by atoms with Crippen LogP contribution in [0.3, 0.4) is 0 Å². The zero-order chi connectivity index (χ0) is 18.2. The molecule has 0 bridgehead atoms. The number of benzene rings is 2. The van der Waals surface area contributed by atoms with Gasteiger partial charge in [-0.25, -0.2) is 10.2 Å². The first-order chi connectivity index (χ1) is 12.0. The van der Waals surface area contributed by atoms with Crippen LogP contribution in [0.2, 0.25) is 0 Å². The van der Waals surface area contributed by atoms with Crippen molar-refractivity contribution in [3.8, 4) is 5.75 Å². The van der Waals surface area contributed by atoms with Gasteiger partial charge in [-0.15, -0.1) is 0 Å². The van der Waals surface area contributed by atoms with Crippen LogP contribution in [0, 0.1) is 0 Å². The van der Waals surface area contributed by atoms with Crippen LogP contribution in [-0.2, 0) is 4.79 Å². The highest BCUT2D eigenvalue weighted by Gasteiger charge is 2.04. The van der Waals surface area contributed by atoms with Gasteiger partial charge >= 0.3 is 5.97 Å². The Morgan fingerprint density at radius 1 is 1.20 bits per heavy atom. The van der Waals surface area contributed by atoms with E-state index in [1.54, 1.807) is 18.2 Å². The molecule has 6 nitrogen and oxygen atoms in total. The average molecular weight is 340 g/mol. The van der Waals surface area contributed by atoms with Crippen molar-refractivity contribution in [2.24, 2.45) is 5.10 Å². The number of ether oxygens (including phenoxy) is 1. The van der Waals surface area contributed by atoms with Gasteiger partial charge in [0.25, 0.3) is 5.91 Å². The number of nitrogens with one attached hydrogen (secondary N) is 1. The molecule has 0 aromatic heterocycles. The van der Waals surface area contributed by atoms with E-state index in [-0.39, 0.29) is 18.1 Å². The lowest BCUT2D eigenvalue weighted by Gasteiger charge is -2.09. The molecule has 0 aliphatic heterocycles. The van der Waals surface area contributed by atoms with E-state index in [0.29, 0.717) is 17.2 Å². The summed E-state index contributed by atoms with van der Waals surface area (Å²) in [5.41, 5.74) is 4.37. The third-order valence-electron chi connectivity index (χ3n) is 3.46. The van der Waals surface area contributed by atoms with Gasteiger partial charge in [-0.05, 0) is 41.3 Å². The number of nitrogens with zero attached hydrogens (tertiary/aromatic N) is 1.